The fourth-order valence-corrected chi connectivity index (χ4v) is 1.17. The molecular weight excluding hydrogens is 216 g/mol. The number of rotatable bonds is 3. The highest BCUT2D eigenvalue weighted by atomic mass is 16.5. The van der Waals surface area contributed by atoms with Crippen LogP contribution in [0, 0.1) is 22.7 Å². The Hall–Kier alpha value is -2.59. The Morgan fingerprint density at radius 3 is 2.47 bits per heavy atom. The van der Waals surface area contributed by atoms with Gasteiger partial charge in [-0.1, -0.05) is 12.1 Å². The standard InChI is InChI=1S/C13H10N2O2/c1-2-17-13(16)12(9-15)7-10-3-5-11(8-14)6-4-10/h3-7H,2H2,1H3/b12-7+. The molecule has 0 unspecified atom stereocenters. The number of nitrogens with zero attached hydrogens (tertiary/aromatic N) is 2. The van der Waals surface area contributed by atoms with Crippen LogP contribution < -0.4 is 0 Å². The van der Waals surface area contributed by atoms with Crippen molar-refractivity contribution in [2.45, 2.75) is 6.92 Å². The summed E-state index contributed by atoms with van der Waals surface area (Å²) in [4.78, 5) is 11.3. The van der Waals surface area contributed by atoms with E-state index in [1.54, 1.807) is 37.3 Å². The molecule has 84 valence electrons. The molecule has 0 spiro atoms. The van der Waals surface area contributed by atoms with Crippen molar-refractivity contribution in [2.24, 2.45) is 0 Å². The van der Waals surface area contributed by atoms with Crippen LogP contribution in [0.15, 0.2) is 29.8 Å². The number of benzene rings is 1. The van der Waals surface area contributed by atoms with Crippen molar-refractivity contribution in [2.75, 3.05) is 6.61 Å². The Bertz CT molecular complexity index is 516. The van der Waals surface area contributed by atoms with E-state index in [2.05, 4.69) is 0 Å². The first kappa shape index (κ1) is 12.5. The Morgan fingerprint density at radius 1 is 1.35 bits per heavy atom. The number of hydrogen-bond acceptors (Lipinski definition) is 4. The second-order valence-corrected chi connectivity index (χ2v) is 3.12. The molecule has 4 heteroatoms. The summed E-state index contributed by atoms with van der Waals surface area (Å²) < 4.78 is 4.73. The van der Waals surface area contributed by atoms with Gasteiger partial charge in [0.2, 0.25) is 0 Å². The maximum Gasteiger partial charge on any atom is 0.348 e. The highest BCUT2D eigenvalue weighted by molar-refractivity contribution is 5.97. The third kappa shape index (κ3) is 3.48. The molecule has 4 nitrogen and oxygen atoms in total. The molecule has 1 rings (SSSR count). The predicted molar refractivity (Wildman–Crippen MR) is 61.4 cm³/mol. The summed E-state index contributed by atoms with van der Waals surface area (Å²) in [5.41, 5.74) is 1.14. The van der Waals surface area contributed by atoms with Crippen LogP contribution in [0.5, 0.6) is 0 Å². The zero-order valence-electron chi connectivity index (χ0n) is 9.30. The van der Waals surface area contributed by atoms with Gasteiger partial charge < -0.3 is 4.74 Å². The molecule has 0 fully saturated rings. The van der Waals surface area contributed by atoms with Crippen molar-refractivity contribution in [3.05, 3.63) is 41.0 Å². The minimum atomic E-state index is -0.639. The lowest BCUT2D eigenvalue weighted by Gasteiger charge is -1.99. The van der Waals surface area contributed by atoms with Gasteiger partial charge in [-0.3, -0.25) is 0 Å². The lowest BCUT2D eigenvalue weighted by atomic mass is 10.1. The molecule has 0 heterocycles. The highest BCUT2D eigenvalue weighted by Crippen LogP contribution is 2.09. The number of ether oxygens (including phenoxy) is 1. The van der Waals surface area contributed by atoms with E-state index in [1.807, 2.05) is 6.07 Å². The zero-order chi connectivity index (χ0) is 12.7. The van der Waals surface area contributed by atoms with Gasteiger partial charge in [-0.25, -0.2) is 4.79 Å². The maximum absolute atomic E-state index is 11.3. The van der Waals surface area contributed by atoms with E-state index < -0.39 is 5.97 Å². The van der Waals surface area contributed by atoms with Crippen LogP contribution in [0.25, 0.3) is 6.08 Å². The first-order valence-corrected chi connectivity index (χ1v) is 5.00. The molecule has 1 aromatic rings. The summed E-state index contributed by atoms with van der Waals surface area (Å²) >= 11 is 0. The van der Waals surface area contributed by atoms with Crippen LogP contribution in [0.2, 0.25) is 0 Å². The van der Waals surface area contributed by atoms with Crippen LogP contribution in [0.3, 0.4) is 0 Å². The van der Waals surface area contributed by atoms with Crippen molar-refractivity contribution in [1.29, 1.82) is 10.5 Å². The van der Waals surface area contributed by atoms with Gasteiger partial charge in [0, 0.05) is 0 Å². The first-order chi connectivity index (χ1) is 8.21. The van der Waals surface area contributed by atoms with Gasteiger partial charge in [-0.15, -0.1) is 0 Å². The molecule has 0 atom stereocenters. The van der Waals surface area contributed by atoms with E-state index in [0.717, 1.165) is 0 Å². The summed E-state index contributed by atoms with van der Waals surface area (Å²) in [6, 6.07) is 10.3. The molecular formula is C13H10N2O2. The Labute approximate surface area is 99.4 Å². The second-order valence-electron chi connectivity index (χ2n) is 3.12. The molecule has 0 saturated heterocycles. The number of esters is 1. The average Bonchev–Trinajstić information content (AvgIpc) is 2.37. The number of nitriles is 2. The van der Waals surface area contributed by atoms with E-state index in [4.69, 9.17) is 15.3 Å². The molecule has 0 aromatic heterocycles. The Kier molecular flexibility index (Phi) is 4.47. The molecule has 1 aromatic carbocycles. The molecule has 0 aliphatic rings. The summed E-state index contributed by atoms with van der Waals surface area (Å²) in [5.74, 6) is -0.639. The molecule has 0 aliphatic carbocycles. The van der Waals surface area contributed by atoms with Gasteiger partial charge in [-0.2, -0.15) is 10.5 Å². The lowest BCUT2D eigenvalue weighted by Crippen LogP contribution is -2.05. The predicted octanol–water partition coefficient (Wildman–Crippen LogP) is 2.03. The van der Waals surface area contributed by atoms with Crippen LogP contribution in [-0.2, 0) is 9.53 Å². The second kappa shape index (κ2) is 6.09. The van der Waals surface area contributed by atoms with Crippen LogP contribution >= 0.6 is 0 Å². The van der Waals surface area contributed by atoms with Gasteiger partial charge in [0.05, 0.1) is 18.2 Å². The van der Waals surface area contributed by atoms with E-state index in [1.165, 1.54) is 6.08 Å². The summed E-state index contributed by atoms with van der Waals surface area (Å²) in [6.45, 7) is 1.90. The molecule has 0 aliphatic heterocycles. The van der Waals surface area contributed by atoms with Crippen LogP contribution in [-0.4, -0.2) is 12.6 Å². The van der Waals surface area contributed by atoms with Gasteiger partial charge in [0.15, 0.2) is 0 Å². The van der Waals surface area contributed by atoms with Gasteiger partial charge in [-0.05, 0) is 30.7 Å². The van der Waals surface area contributed by atoms with Crippen molar-refractivity contribution < 1.29 is 9.53 Å². The third-order valence-corrected chi connectivity index (χ3v) is 1.97. The average molecular weight is 226 g/mol. The molecule has 0 N–H and O–H groups in total. The van der Waals surface area contributed by atoms with Crippen molar-refractivity contribution in [1.82, 2.24) is 0 Å². The van der Waals surface area contributed by atoms with Gasteiger partial charge >= 0.3 is 5.97 Å². The molecule has 17 heavy (non-hydrogen) atoms. The van der Waals surface area contributed by atoms with Crippen molar-refractivity contribution in [3.8, 4) is 12.1 Å². The number of carbonyl (C=O) groups excluding carboxylic acids is 1. The van der Waals surface area contributed by atoms with E-state index in [-0.39, 0.29) is 12.2 Å². The maximum atomic E-state index is 11.3. The quantitative estimate of drug-likeness (QED) is 0.449. The normalized spacial score (nSPS) is 10.2. The topological polar surface area (TPSA) is 73.9 Å². The van der Waals surface area contributed by atoms with Crippen LogP contribution in [0.1, 0.15) is 18.1 Å². The summed E-state index contributed by atoms with van der Waals surface area (Å²) in [5, 5.41) is 17.4. The monoisotopic (exact) mass is 226 g/mol. The fourth-order valence-electron chi connectivity index (χ4n) is 1.17. The number of carbonyl (C=O) groups is 1. The molecule has 0 amide bonds. The van der Waals surface area contributed by atoms with E-state index in [0.29, 0.717) is 11.1 Å². The largest absolute Gasteiger partial charge is 0.462 e. The third-order valence-electron chi connectivity index (χ3n) is 1.97. The summed E-state index contributed by atoms with van der Waals surface area (Å²) in [6.07, 6.45) is 1.43. The summed E-state index contributed by atoms with van der Waals surface area (Å²) in [7, 11) is 0. The Balaban J connectivity index is 2.96. The SMILES string of the molecule is CCOC(=O)/C(C#N)=C/c1ccc(C#N)cc1. The number of hydrogen-bond donors (Lipinski definition) is 0. The lowest BCUT2D eigenvalue weighted by molar-refractivity contribution is -0.137. The first-order valence-electron chi connectivity index (χ1n) is 5.00. The van der Waals surface area contributed by atoms with E-state index in [9.17, 15) is 4.79 Å². The molecule has 0 bridgehead atoms. The van der Waals surface area contributed by atoms with E-state index >= 15 is 0 Å². The molecule has 0 saturated carbocycles. The smallest absolute Gasteiger partial charge is 0.348 e. The molecule has 0 radical (unpaired) electrons. The zero-order valence-corrected chi connectivity index (χ0v) is 9.30. The van der Waals surface area contributed by atoms with Gasteiger partial charge in [0.1, 0.15) is 11.6 Å². The van der Waals surface area contributed by atoms with Gasteiger partial charge in [0.25, 0.3) is 0 Å². The Morgan fingerprint density at radius 2 is 2.00 bits per heavy atom. The minimum absolute atomic E-state index is 0.0587. The highest BCUT2D eigenvalue weighted by Gasteiger charge is 2.09. The van der Waals surface area contributed by atoms with Crippen molar-refractivity contribution in [3.63, 3.8) is 0 Å². The fraction of sp³-hybridized carbons (Fsp3) is 0.154. The van der Waals surface area contributed by atoms with Crippen LogP contribution in [0.4, 0.5) is 0 Å². The minimum Gasteiger partial charge on any atom is -0.462 e. The van der Waals surface area contributed by atoms with Crippen molar-refractivity contribution >= 4 is 12.0 Å².